The summed E-state index contributed by atoms with van der Waals surface area (Å²) >= 11 is 0. The molecule has 0 amide bonds. The SMILES string of the molecule is [N-]=[N+]=NCCCC(F)(F)C(F)(F)C(F)(F)C(F)(F)C(F)(F)C(F)(F)C(F)(F)C(F)(F)F. The molecule has 0 aliphatic carbocycles. The molecule has 0 aromatic carbocycles. The number of nitrogens with zero attached hydrogens (tertiary/aromatic N) is 3. The second-order valence-corrected chi connectivity index (χ2v) is 5.71. The molecule has 31 heavy (non-hydrogen) atoms. The van der Waals surface area contributed by atoms with Crippen molar-refractivity contribution in [2.75, 3.05) is 6.54 Å². The van der Waals surface area contributed by atoms with Crippen LogP contribution in [0, 0.1) is 0 Å². The Bertz CT molecular complexity index is 688. The molecule has 0 saturated carbocycles. The molecule has 0 saturated heterocycles. The molecule has 0 bridgehead atoms. The molecule has 0 fully saturated rings. The zero-order valence-corrected chi connectivity index (χ0v) is 13.9. The molecule has 0 aromatic heterocycles. The maximum absolute atomic E-state index is 13.4. The number of hydrogen-bond acceptors (Lipinski definition) is 1. The zero-order valence-electron chi connectivity index (χ0n) is 13.9. The first kappa shape index (κ1) is 29.1. The Kier molecular flexibility index (Phi) is 7.43. The minimum atomic E-state index is -8.63. The fraction of sp³-hybridized carbons (Fsp3) is 1.00. The Morgan fingerprint density at radius 2 is 0.839 bits per heavy atom. The van der Waals surface area contributed by atoms with Gasteiger partial charge in [-0.3, -0.25) is 0 Å². The molecule has 0 radical (unpaired) electrons. The highest BCUT2D eigenvalue weighted by Gasteiger charge is 2.95. The first-order chi connectivity index (χ1) is 13.3. The highest BCUT2D eigenvalue weighted by atomic mass is 19.4. The van der Waals surface area contributed by atoms with Gasteiger partial charge in [-0.05, 0) is 12.0 Å². The van der Waals surface area contributed by atoms with E-state index in [4.69, 9.17) is 5.53 Å². The van der Waals surface area contributed by atoms with Gasteiger partial charge < -0.3 is 0 Å². The van der Waals surface area contributed by atoms with Crippen molar-refractivity contribution in [3.63, 3.8) is 0 Å². The highest BCUT2D eigenvalue weighted by Crippen LogP contribution is 2.64. The number of rotatable bonds is 10. The molecule has 0 aromatic rings. The second-order valence-electron chi connectivity index (χ2n) is 5.71. The van der Waals surface area contributed by atoms with E-state index < -0.39 is 67.0 Å². The molecule has 0 rings (SSSR count). The van der Waals surface area contributed by atoms with Crippen molar-refractivity contribution in [2.24, 2.45) is 5.11 Å². The second kappa shape index (κ2) is 7.91. The minimum Gasteiger partial charge on any atom is -0.200 e. The van der Waals surface area contributed by atoms with Crippen LogP contribution in [-0.4, -0.2) is 54.2 Å². The number of azide groups is 1. The third-order valence-corrected chi connectivity index (χ3v) is 3.60. The maximum atomic E-state index is 13.4. The van der Waals surface area contributed by atoms with E-state index in [1.54, 1.807) is 0 Å². The van der Waals surface area contributed by atoms with E-state index in [1.807, 2.05) is 4.91 Å². The van der Waals surface area contributed by atoms with E-state index in [0.717, 1.165) is 0 Å². The summed E-state index contributed by atoms with van der Waals surface area (Å²) < 4.78 is 220. The van der Waals surface area contributed by atoms with Crippen LogP contribution in [0.5, 0.6) is 0 Å². The molecular weight excluding hydrogens is 497 g/mol. The normalized spacial score (nSPS) is 15.6. The van der Waals surface area contributed by atoms with Crippen LogP contribution in [0.2, 0.25) is 0 Å². The van der Waals surface area contributed by atoms with Gasteiger partial charge in [0.05, 0.1) is 0 Å². The summed E-state index contributed by atoms with van der Waals surface area (Å²) in [4.78, 5) is 1.89. The summed E-state index contributed by atoms with van der Waals surface area (Å²) in [6.07, 6.45) is -11.9. The molecule has 20 heteroatoms. The van der Waals surface area contributed by atoms with Gasteiger partial charge in [-0.2, -0.15) is 74.6 Å². The van der Waals surface area contributed by atoms with Crippen LogP contribution in [0.15, 0.2) is 5.11 Å². The van der Waals surface area contributed by atoms with Crippen LogP contribution in [0.4, 0.5) is 74.6 Å². The zero-order chi connectivity index (χ0) is 25.5. The molecule has 0 heterocycles. The molecule has 0 aliphatic rings. The van der Waals surface area contributed by atoms with E-state index in [1.165, 1.54) is 0 Å². The third-order valence-electron chi connectivity index (χ3n) is 3.60. The summed E-state index contributed by atoms with van der Waals surface area (Å²) in [5.74, 6) is -56.3. The van der Waals surface area contributed by atoms with Gasteiger partial charge in [0.2, 0.25) is 0 Å². The van der Waals surface area contributed by atoms with Gasteiger partial charge >= 0.3 is 47.6 Å². The van der Waals surface area contributed by atoms with E-state index in [-0.39, 0.29) is 0 Å². The minimum absolute atomic E-state index is 1.16. The Morgan fingerprint density at radius 1 is 0.516 bits per heavy atom. The Morgan fingerprint density at radius 3 is 1.16 bits per heavy atom. The Hall–Kier alpha value is -1.88. The van der Waals surface area contributed by atoms with Gasteiger partial charge in [-0.25, -0.2) is 0 Å². The molecule has 0 atom stereocenters. The van der Waals surface area contributed by atoms with E-state index >= 15 is 0 Å². The fourth-order valence-corrected chi connectivity index (χ4v) is 1.77. The average molecular weight is 503 g/mol. The summed E-state index contributed by atoms with van der Waals surface area (Å²) in [6.45, 7) is -1.16. The van der Waals surface area contributed by atoms with Gasteiger partial charge in [0.1, 0.15) is 0 Å². The van der Waals surface area contributed by atoms with Crippen molar-refractivity contribution in [1.82, 2.24) is 0 Å². The first-order valence-corrected chi connectivity index (χ1v) is 7.03. The maximum Gasteiger partial charge on any atom is 0.460 e. The van der Waals surface area contributed by atoms with Crippen molar-refractivity contribution < 1.29 is 74.6 Å². The highest BCUT2D eigenvalue weighted by molar-refractivity contribution is 5.15. The van der Waals surface area contributed by atoms with Gasteiger partial charge in [0.25, 0.3) is 0 Å². The predicted molar refractivity (Wildman–Crippen MR) is 63.9 cm³/mol. The smallest absolute Gasteiger partial charge is 0.200 e. The molecule has 0 spiro atoms. The van der Waals surface area contributed by atoms with Crippen LogP contribution in [0.25, 0.3) is 10.4 Å². The number of hydrogen-bond donors (Lipinski definition) is 0. The van der Waals surface area contributed by atoms with E-state index in [0.29, 0.717) is 0 Å². The molecule has 3 nitrogen and oxygen atoms in total. The van der Waals surface area contributed by atoms with Crippen molar-refractivity contribution in [3.8, 4) is 0 Å². The average Bonchev–Trinajstić information content (AvgIpc) is 2.56. The van der Waals surface area contributed by atoms with E-state index in [9.17, 15) is 74.6 Å². The quantitative estimate of drug-likeness (QED) is 0.101. The lowest BCUT2D eigenvalue weighted by molar-refractivity contribution is -0.461. The standard InChI is InChI=1S/C11H6F17N3/c12-4(13,2-1-3-30-31-29)5(14,15)6(16,17)7(18,19)8(20,21)9(22,23)10(24,25)11(26,27)28/h1-3H2. The van der Waals surface area contributed by atoms with Gasteiger partial charge in [-0.15, -0.1) is 0 Å². The fourth-order valence-electron chi connectivity index (χ4n) is 1.77. The van der Waals surface area contributed by atoms with Crippen LogP contribution in [-0.2, 0) is 0 Å². The van der Waals surface area contributed by atoms with Gasteiger partial charge in [0, 0.05) is 17.9 Å². The Balaban J connectivity index is 6.46. The van der Waals surface area contributed by atoms with Crippen LogP contribution < -0.4 is 0 Å². The predicted octanol–water partition coefficient (Wildman–Crippen LogP) is 7.09. The van der Waals surface area contributed by atoms with Crippen molar-refractivity contribution in [1.29, 1.82) is 0 Å². The summed E-state index contributed by atoms with van der Waals surface area (Å²) in [5, 5.41) is 2.45. The first-order valence-electron chi connectivity index (χ1n) is 7.03. The van der Waals surface area contributed by atoms with Gasteiger partial charge in [0.15, 0.2) is 0 Å². The van der Waals surface area contributed by atoms with Crippen LogP contribution in [0.3, 0.4) is 0 Å². The van der Waals surface area contributed by atoms with Crippen molar-refractivity contribution in [3.05, 3.63) is 10.4 Å². The lowest BCUT2D eigenvalue weighted by Gasteiger charge is -2.42. The van der Waals surface area contributed by atoms with Crippen LogP contribution >= 0.6 is 0 Å². The molecule has 0 N–H and O–H groups in total. The third kappa shape index (κ3) is 4.13. The lowest BCUT2D eigenvalue weighted by atomic mass is 9.88. The summed E-state index contributed by atoms with van der Waals surface area (Å²) in [5.41, 5.74) is 7.79. The van der Waals surface area contributed by atoms with Gasteiger partial charge in [-0.1, -0.05) is 5.11 Å². The van der Waals surface area contributed by atoms with E-state index in [2.05, 4.69) is 5.11 Å². The number of halogens is 17. The van der Waals surface area contributed by atoms with Crippen LogP contribution in [0.1, 0.15) is 12.8 Å². The summed E-state index contributed by atoms with van der Waals surface area (Å²) in [7, 11) is 0. The topological polar surface area (TPSA) is 48.8 Å². The molecule has 184 valence electrons. The summed E-state index contributed by atoms with van der Waals surface area (Å²) in [6, 6.07) is 0. The lowest BCUT2D eigenvalue weighted by Crippen LogP contribution is -2.74. The monoisotopic (exact) mass is 503 g/mol. The largest absolute Gasteiger partial charge is 0.460 e. The molecular formula is C11H6F17N3. The molecule has 0 aliphatic heterocycles. The van der Waals surface area contributed by atoms with Crippen molar-refractivity contribution in [2.45, 2.75) is 60.5 Å². The Labute approximate surface area is 158 Å². The van der Waals surface area contributed by atoms with Crippen molar-refractivity contribution >= 4 is 0 Å². The number of alkyl halides is 17. The molecule has 0 unspecified atom stereocenters.